The van der Waals surface area contributed by atoms with E-state index in [1.165, 1.54) is 32.5 Å². The van der Waals surface area contributed by atoms with Crippen LogP contribution in [0.1, 0.15) is 26.3 Å². The standard InChI is InChI=1S/C22H24N2O7S/c1-12-7-16(9-23-8-12)18-6-5-17(10-24-18)31-22-21(30-15(4)27)20(29-14(3)26)19(11-32-22)28-13(2)25/h5-10,19-22H,11H2,1-4H3/t19-,20+,21-,22?/m1/s1. The number of pyridine rings is 2. The molecule has 1 aliphatic heterocycles. The molecule has 1 saturated heterocycles. The maximum absolute atomic E-state index is 11.7. The third-order valence-corrected chi connectivity index (χ3v) is 5.68. The number of hydrogen-bond donors (Lipinski definition) is 0. The van der Waals surface area contributed by atoms with Crippen molar-refractivity contribution in [1.82, 2.24) is 9.97 Å². The third kappa shape index (κ3) is 6.19. The van der Waals surface area contributed by atoms with Crippen molar-refractivity contribution in [2.75, 3.05) is 5.75 Å². The number of esters is 3. The Kier molecular flexibility index (Phi) is 7.68. The van der Waals surface area contributed by atoms with Gasteiger partial charge >= 0.3 is 17.9 Å². The highest BCUT2D eigenvalue weighted by atomic mass is 32.2. The van der Waals surface area contributed by atoms with Crippen LogP contribution in [-0.4, -0.2) is 57.4 Å². The van der Waals surface area contributed by atoms with Crippen LogP contribution in [0.4, 0.5) is 0 Å². The molecular weight excluding hydrogens is 436 g/mol. The summed E-state index contributed by atoms with van der Waals surface area (Å²) in [5, 5.41) is 0. The second-order valence-corrected chi connectivity index (χ2v) is 8.38. The van der Waals surface area contributed by atoms with Crippen LogP contribution in [0.25, 0.3) is 11.3 Å². The van der Waals surface area contributed by atoms with Gasteiger partial charge in [0.25, 0.3) is 0 Å². The minimum absolute atomic E-state index is 0.292. The van der Waals surface area contributed by atoms with Gasteiger partial charge in [0.1, 0.15) is 5.75 Å². The lowest BCUT2D eigenvalue weighted by Gasteiger charge is -2.39. The second kappa shape index (κ2) is 10.4. The van der Waals surface area contributed by atoms with Crippen LogP contribution in [0.5, 0.6) is 5.75 Å². The number of carbonyl (C=O) groups is 3. The highest BCUT2D eigenvalue weighted by Crippen LogP contribution is 2.34. The van der Waals surface area contributed by atoms with E-state index in [0.29, 0.717) is 11.5 Å². The number of nitrogens with zero attached hydrogens (tertiary/aromatic N) is 2. The number of thioether (sulfide) groups is 1. The van der Waals surface area contributed by atoms with E-state index in [4.69, 9.17) is 18.9 Å². The van der Waals surface area contributed by atoms with Gasteiger partial charge in [0.2, 0.25) is 0 Å². The van der Waals surface area contributed by atoms with Gasteiger partial charge in [-0.15, -0.1) is 11.8 Å². The van der Waals surface area contributed by atoms with E-state index in [0.717, 1.165) is 16.8 Å². The van der Waals surface area contributed by atoms with Crippen molar-refractivity contribution in [3.8, 4) is 17.0 Å². The topological polar surface area (TPSA) is 114 Å². The smallest absolute Gasteiger partial charge is 0.303 e. The minimum Gasteiger partial charge on any atom is -0.474 e. The van der Waals surface area contributed by atoms with Gasteiger partial charge in [-0.1, -0.05) is 0 Å². The van der Waals surface area contributed by atoms with Crippen LogP contribution in [0.15, 0.2) is 36.8 Å². The van der Waals surface area contributed by atoms with Gasteiger partial charge < -0.3 is 18.9 Å². The summed E-state index contributed by atoms with van der Waals surface area (Å²) >= 11 is 1.29. The first-order valence-corrected chi connectivity index (χ1v) is 11.0. The van der Waals surface area contributed by atoms with Crippen molar-refractivity contribution in [2.45, 2.75) is 51.4 Å². The van der Waals surface area contributed by atoms with Gasteiger partial charge in [0.15, 0.2) is 23.7 Å². The van der Waals surface area contributed by atoms with E-state index in [1.54, 1.807) is 30.7 Å². The Morgan fingerprint density at radius 3 is 2.22 bits per heavy atom. The maximum atomic E-state index is 11.7. The molecule has 0 saturated carbocycles. The zero-order valence-corrected chi connectivity index (χ0v) is 19.0. The van der Waals surface area contributed by atoms with E-state index in [-0.39, 0.29) is 0 Å². The molecule has 0 aromatic carbocycles. The van der Waals surface area contributed by atoms with Crippen molar-refractivity contribution in [1.29, 1.82) is 0 Å². The summed E-state index contributed by atoms with van der Waals surface area (Å²) in [4.78, 5) is 43.5. The van der Waals surface area contributed by atoms with Gasteiger partial charge in [-0.05, 0) is 30.7 Å². The molecule has 32 heavy (non-hydrogen) atoms. The van der Waals surface area contributed by atoms with Gasteiger partial charge in [-0.2, -0.15) is 0 Å². The Morgan fingerprint density at radius 2 is 1.62 bits per heavy atom. The summed E-state index contributed by atoms with van der Waals surface area (Å²) in [7, 11) is 0. The summed E-state index contributed by atoms with van der Waals surface area (Å²) in [5.41, 5.74) is 1.92. The van der Waals surface area contributed by atoms with Gasteiger partial charge in [0.05, 0.1) is 11.9 Å². The van der Waals surface area contributed by atoms with Crippen molar-refractivity contribution in [3.63, 3.8) is 0 Å². The maximum Gasteiger partial charge on any atom is 0.303 e. The zero-order chi connectivity index (χ0) is 23.3. The number of ether oxygens (including phenoxy) is 4. The molecule has 1 unspecified atom stereocenters. The Balaban J connectivity index is 1.81. The lowest BCUT2D eigenvalue weighted by molar-refractivity contribution is -0.186. The molecule has 1 aliphatic rings. The summed E-state index contributed by atoms with van der Waals surface area (Å²) in [6.45, 7) is 5.69. The number of rotatable bonds is 6. The average Bonchev–Trinajstić information content (AvgIpc) is 2.72. The van der Waals surface area contributed by atoms with E-state index in [1.807, 2.05) is 13.0 Å². The van der Waals surface area contributed by atoms with E-state index in [9.17, 15) is 14.4 Å². The van der Waals surface area contributed by atoms with Crippen LogP contribution in [0.3, 0.4) is 0 Å². The molecule has 0 aliphatic carbocycles. The molecule has 1 fully saturated rings. The summed E-state index contributed by atoms with van der Waals surface area (Å²) in [6, 6.07) is 5.52. The molecule has 0 bridgehead atoms. The predicted octanol–water partition coefficient (Wildman–Crippen LogP) is 2.70. The Bertz CT molecular complexity index is 982. The first kappa shape index (κ1) is 23.5. The van der Waals surface area contributed by atoms with Crippen molar-refractivity contribution in [2.24, 2.45) is 0 Å². The first-order chi connectivity index (χ1) is 15.2. The van der Waals surface area contributed by atoms with Crippen LogP contribution < -0.4 is 4.74 Å². The van der Waals surface area contributed by atoms with Crippen LogP contribution in [0, 0.1) is 6.92 Å². The van der Waals surface area contributed by atoms with Crippen molar-refractivity contribution >= 4 is 29.7 Å². The first-order valence-electron chi connectivity index (χ1n) is 9.91. The lowest BCUT2D eigenvalue weighted by atomic mass is 10.1. The van der Waals surface area contributed by atoms with Crippen LogP contribution >= 0.6 is 11.8 Å². The Labute approximate surface area is 189 Å². The Hall–Kier alpha value is -3.14. The molecule has 0 radical (unpaired) electrons. The van der Waals surface area contributed by atoms with E-state index in [2.05, 4.69) is 9.97 Å². The molecule has 170 valence electrons. The molecule has 4 atom stereocenters. The SMILES string of the molecule is CC(=O)O[C@H]1[C@H](OC(C)=O)CSC(Oc2ccc(-c3cncc(C)c3)nc2)[C@@H]1OC(C)=O. The number of hydrogen-bond acceptors (Lipinski definition) is 10. The number of aryl methyl sites for hydroxylation is 1. The molecule has 0 N–H and O–H groups in total. The van der Waals surface area contributed by atoms with Crippen LogP contribution in [-0.2, 0) is 28.6 Å². The van der Waals surface area contributed by atoms with Gasteiger partial charge in [-0.3, -0.25) is 24.4 Å². The monoisotopic (exact) mass is 460 g/mol. The van der Waals surface area contributed by atoms with Crippen LogP contribution in [0.2, 0.25) is 0 Å². The Morgan fingerprint density at radius 1 is 0.938 bits per heavy atom. The summed E-state index contributed by atoms with van der Waals surface area (Å²) in [5.74, 6) is -0.964. The second-order valence-electron chi connectivity index (χ2n) is 7.25. The highest BCUT2D eigenvalue weighted by molar-refractivity contribution is 7.99. The third-order valence-electron chi connectivity index (χ3n) is 4.46. The van der Waals surface area contributed by atoms with E-state index >= 15 is 0 Å². The minimum atomic E-state index is -1.00. The quantitative estimate of drug-likeness (QED) is 0.471. The molecular formula is C22H24N2O7S. The fourth-order valence-corrected chi connectivity index (χ4v) is 4.48. The molecule has 2 aromatic rings. The fourth-order valence-electron chi connectivity index (χ4n) is 3.26. The molecule has 3 heterocycles. The molecule has 9 nitrogen and oxygen atoms in total. The lowest BCUT2D eigenvalue weighted by Crippen LogP contribution is -2.55. The van der Waals surface area contributed by atoms with Gasteiger partial charge in [0, 0.05) is 44.5 Å². The summed E-state index contributed by atoms with van der Waals surface area (Å²) in [6.07, 6.45) is 2.28. The number of carbonyl (C=O) groups excluding carboxylic acids is 3. The van der Waals surface area contributed by atoms with E-state index < -0.39 is 41.7 Å². The summed E-state index contributed by atoms with van der Waals surface area (Å²) < 4.78 is 22.1. The fraction of sp³-hybridized carbons (Fsp3) is 0.409. The predicted molar refractivity (Wildman–Crippen MR) is 116 cm³/mol. The largest absolute Gasteiger partial charge is 0.474 e. The molecule has 0 spiro atoms. The highest BCUT2D eigenvalue weighted by Gasteiger charge is 2.47. The normalized spacial score (nSPS) is 22.5. The van der Waals surface area contributed by atoms with Crippen molar-refractivity contribution < 1.29 is 33.3 Å². The van der Waals surface area contributed by atoms with Gasteiger partial charge in [-0.25, -0.2) is 0 Å². The molecule has 3 rings (SSSR count). The average molecular weight is 461 g/mol. The molecule has 2 aromatic heterocycles. The van der Waals surface area contributed by atoms with Crippen molar-refractivity contribution in [3.05, 3.63) is 42.4 Å². The number of aromatic nitrogens is 2. The molecule has 0 amide bonds. The zero-order valence-electron chi connectivity index (χ0n) is 18.1. The molecule has 10 heteroatoms.